The second-order valence-electron chi connectivity index (χ2n) is 7.37. The van der Waals surface area contributed by atoms with Crippen molar-refractivity contribution in [3.8, 4) is 0 Å². The van der Waals surface area contributed by atoms with Crippen molar-refractivity contribution in [1.29, 1.82) is 0 Å². The van der Waals surface area contributed by atoms with E-state index in [2.05, 4.69) is 12.2 Å². The molecule has 2 aromatic rings. The van der Waals surface area contributed by atoms with E-state index in [0.29, 0.717) is 26.1 Å². The molecule has 28 heavy (non-hydrogen) atoms. The van der Waals surface area contributed by atoms with E-state index < -0.39 is 0 Å². The maximum Gasteiger partial charge on any atom is 0.227 e. The molecule has 2 unspecified atom stereocenters. The minimum Gasteiger partial charge on any atom is -0.356 e. The van der Waals surface area contributed by atoms with Crippen molar-refractivity contribution < 1.29 is 14.0 Å². The first-order chi connectivity index (χ1) is 13.6. The Kier molecular flexibility index (Phi) is 6.80. The second-order valence-corrected chi connectivity index (χ2v) is 7.37. The maximum atomic E-state index is 13.8. The van der Waals surface area contributed by atoms with Gasteiger partial charge in [0.2, 0.25) is 11.8 Å². The lowest BCUT2D eigenvalue weighted by molar-refractivity contribution is -0.130. The van der Waals surface area contributed by atoms with Crippen LogP contribution in [0.25, 0.3) is 0 Å². The van der Waals surface area contributed by atoms with Gasteiger partial charge in [0.15, 0.2) is 0 Å². The highest BCUT2D eigenvalue weighted by atomic mass is 19.1. The third-order valence-corrected chi connectivity index (χ3v) is 5.31. The monoisotopic (exact) mass is 382 g/mol. The quantitative estimate of drug-likeness (QED) is 0.745. The Hall–Kier alpha value is -2.69. The number of hydrogen-bond donors (Lipinski definition) is 1. The molecule has 0 radical (unpaired) electrons. The minimum atomic E-state index is -0.363. The van der Waals surface area contributed by atoms with E-state index in [1.165, 1.54) is 12.1 Å². The van der Waals surface area contributed by atoms with Gasteiger partial charge in [0, 0.05) is 25.6 Å². The van der Waals surface area contributed by atoms with Gasteiger partial charge in [0.1, 0.15) is 5.82 Å². The third-order valence-electron chi connectivity index (χ3n) is 5.31. The zero-order valence-corrected chi connectivity index (χ0v) is 16.2. The lowest BCUT2D eigenvalue weighted by Crippen LogP contribution is -2.36. The smallest absolute Gasteiger partial charge is 0.227 e. The van der Waals surface area contributed by atoms with E-state index in [-0.39, 0.29) is 29.5 Å². The number of amides is 2. The Bertz CT molecular complexity index is 809. The van der Waals surface area contributed by atoms with Crippen LogP contribution in [0.4, 0.5) is 4.39 Å². The first-order valence-corrected chi connectivity index (χ1v) is 9.93. The molecule has 2 amide bonds. The summed E-state index contributed by atoms with van der Waals surface area (Å²) in [7, 11) is 0. The first-order valence-electron chi connectivity index (χ1n) is 9.93. The van der Waals surface area contributed by atoms with E-state index in [9.17, 15) is 14.0 Å². The normalized spacial score (nSPS) is 18.9. The van der Waals surface area contributed by atoms with E-state index in [0.717, 1.165) is 24.0 Å². The van der Waals surface area contributed by atoms with Crippen molar-refractivity contribution in [1.82, 2.24) is 10.2 Å². The lowest BCUT2D eigenvalue weighted by atomic mass is 9.88. The van der Waals surface area contributed by atoms with Gasteiger partial charge >= 0.3 is 0 Å². The average molecular weight is 382 g/mol. The van der Waals surface area contributed by atoms with E-state index in [1.54, 1.807) is 11.0 Å². The topological polar surface area (TPSA) is 49.4 Å². The summed E-state index contributed by atoms with van der Waals surface area (Å²) in [6, 6.07) is 15.9. The Morgan fingerprint density at radius 2 is 1.89 bits per heavy atom. The van der Waals surface area contributed by atoms with Crippen molar-refractivity contribution in [3.05, 3.63) is 71.5 Å². The molecule has 1 aliphatic rings. The van der Waals surface area contributed by atoms with Gasteiger partial charge in [-0.1, -0.05) is 55.8 Å². The molecule has 2 aromatic carbocycles. The molecular formula is C23H27FN2O2. The number of carbonyl (C=O) groups excluding carboxylic acids is 2. The zero-order chi connectivity index (χ0) is 19.9. The largest absolute Gasteiger partial charge is 0.356 e. The van der Waals surface area contributed by atoms with Crippen molar-refractivity contribution in [3.63, 3.8) is 0 Å². The van der Waals surface area contributed by atoms with Crippen molar-refractivity contribution in [2.45, 2.75) is 32.1 Å². The first kappa shape index (κ1) is 20.1. The molecule has 0 aliphatic carbocycles. The van der Waals surface area contributed by atoms with Crippen LogP contribution in [0.3, 0.4) is 0 Å². The number of hydrogen-bond acceptors (Lipinski definition) is 2. The molecule has 4 nitrogen and oxygen atoms in total. The number of rotatable bonds is 7. The maximum absolute atomic E-state index is 13.8. The zero-order valence-electron chi connectivity index (χ0n) is 16.2. The molecule has 1 fully saturated rings. The van der Waals surface area contributed by atoms with Crippen LogP contribution in [0.2, 0.25) is 0 Å². The predicted octanol–water partition coefficient (Wildman–Crippen LogP) is 3.53. The molecule has 0 bridgehead atoms. The van der Waals surface area contributed by atoms with Gasteiger partial charge in [-0.25, -0.2) is 4.39 Å². The van der Waals surface area contributed by atoms with E-state index >= 15 is 0 Å². The summed E-state index contributed by atoms with van der Waals surface area (Å²) in [4.78, 5) is 27.3. The highest BCUT2D eigenvalue weighted by Gasteiger charge is 2.40. The van der Waals surface area contributed by atoms with Crippen LogP contribution < -0.4 is 5.32 Å². The SMILES string of the molecule is CCCCNC(=O)C1CN(C(=O)Cc2ccccc2)CC1c1cccc(F)c1. The number of unbranched alkanes of at least 4 members (excludes halogenated alkanes) is 1. The van der Waals surface area contributed by atoms with Gasteiger partial charge in [-0.15, -0.1) is 0 Å². The molecule has 1 heterocycles. The molecular weight excluding hydrogens is 355 g/mol. The van der Waals surface area contributed by atoms with Crippen LogP contribution in [0.1, 0.15) is 36.8 Å². The summed E-state index contributed by atoms with van der Waals surface area (Å²) in [5, 5.41) is 2.98. The van der Waals surface area contributed by atoms with Crippen molar-refractivity contribution in [2.24, 2.45) is 5.92 Å². The number of nitrogens with one attached hydrogen (secondary N) is 1. The van der Waals surface area contributed by atoms with Crippen molar-refractivity contribution in [2.75, 3.05) is 19.6 Å². The summed E-state index contributed by atoms with van der Waals surface area (Å²) in [6.07, 6.45) is 2.22. The molecule has 2 atom stereocenters. The highest BCUT2D eigenvalue weighted by molar-refractivity contribution is 5.84. The Balaban J connectivity index is 1.75. The van der Waals surface area contributed by atoms with Gasteiger partial charge < -0.3 is 10.2 Å². The van der Waals surface area contributed by atoms with Gasteiger partial charge in [0.05, 0.1) is 12.3 Å². The molecule has 148 valence electrons. The third kappa shape index (κ3) is 4.97. The van der Waals surface area contributed by atoms with Crippen LogP contribution >= 0.6 is 0 Å². The fraction of sp³-hybridized carbons (Fsp3) is 0.391. The lowest BCUT2D eigenvalue weighted by Gasteiger charge is -2.18. The Morgan fingerprint density at radius 1 is 1.11 bits per heavy atom. The van der Waals surface area contributed by atoms with Crippen molar-refractivity contribution >= 4 is 11.8 Å². The van der Waals surface area contributed by atoms with Gasteiger partial charge in [0.25, 0.3) is 0 Å². The van der Waals surface area contributed by atoms with Gasteiger partial charge in [-0.05, 0) is 29.7 Å². The number of likely N-dealkylation sites (tertiary alicyclic amines) is 1. The molecule has 0 aromatic heterocycles. The van der Waals surface area contributed by atoms with E-state index in [4.69, 9.17) is 0 Å². The molecule has 1 aliphatic heterocycles. The van der Waals surface area contributed by atoms with Crippen LogP contribution in [0.15, 0.2) is 54.6 Å². The number of nitrogens with zero attached hydrogens (tertiary/aromatic N) is 1. The second kappa shape index (κ2) is 9.49. The molecule has 0 spiro atoms. The standard InChI is InChI=1S/C23H27FN2O2/c1-2-3-12-25-23(28)21-16-26(22(27)13-17-8-5-4-6-9-17)15-20(21)18-10-7-11-19(24)14-18/h4-11,14,20-21H,2-3,12-13,15-16H2,1H3,(H,25,28). The Labute approximate surface area is 165 Å². The van der Waals surface area contributed by atoms with Gasteiger partial charge in [-0.3, -0.25) is 9.59 Å². The predicted molar refractivity (Wildman–Crippen MR) is 107 cm³/mol. The summed E-state index contributed by atoms with van der Waals surface area (Å²) >= 11 is 0. The van der Waals surface area contributed by atoms with Crippen LogP contribution in [0, 0.1) is 11.7 Å². The summed E-state index contributed by atoms with van der Waals surface area (Å²) in [5.74, 6) is -0.943. The van der Waals surface area contributed by atoms with Crippen LogP contribution in [-0.2, 0) is 16.0 Å². The van der Waals surface area contributed by atoms with Crippen LogP contribution in [0.5, 0.6) is 0 Å². The Morgan fingerprint density at radius 3 is 2.61 bits per heavy atom. The number of benzene rings is 2. The van der Waals surface area contributed by atoms with Gasteiger partial charge in [-0.2, -0.15) is 0 Å². The summed E-state index contributed by atoms with van der Waals surface area (Å²) in [6.45, 7) is 3.49. The minimum absolute atomic E-state index is 0.00328. The fourth-order valence-corrected chi connectivity index (χ4v) is 3.75. The summed E-state index contributed by atoms with van der Waals surface area (Å²) in [5.41, 5.74) is 1.72. The molecule has 1 N–H and O–H groups in total. The molecule has 0 saturated carbocycles. The average Bonchev–Trinajstić information content (AvgIpc) is 3.15. The fourth-order valence-electron chi connectivity index (χ4n) is 3.75. The number of halogens is 1. The van der Waals surface area contributed by atoms with E-state index in [1.807, 2.05) is 36.4 Å². The summed E-state index contributed by atoms with van der Waals surface area (Å²) < 4.78 is 13.8. The molecule has 3 rings (SSSR count). The van der Waals surface area contributed by atoms with Crippen LogP contribution in [-0.4, -0.2) is 36.3 Å². The number of carbonyl (C=O) groups is 2. The molecule has 1 saturated heterocycles. The molecule has 5 heteroatoms. The highest BCUT2D eigenvalue weighted by Crippen LogP contribution is 2.33.